The summed E-state index contributed by atoms with van der Waals surface area (Å²) in [5.74, 6) is 2.98. The molecule has 0 amide bonds. The average Bonchev–Trinajstić information content (AvgIpc) is 2.77. The van der Waals surface area contributed by atoms with E-state index in [9.17, 15) is 0 Å². The van der Waals surface area contributed by atoms with Crippen LogP contribution in [-0.2, 0) is 0 Å². The van der Waals surface area contributed by atoms with Gasteiger partial charge in [-0.15, -0.1) is 0 Å². The summed E-state index contributed by atoms with van der Waals surface area (Å²) >= 11 is 0. The first-order valence-electron chi connectivity index (χ1n) is 7.53. The molecule has 2 aromatic rings. The van der Waals surface area contributed by atoms with Gasteiger partial charge < -0.3 is 9.47 Å². The largest absolute Gasteiger partial charge is 0.457 e. The molecule has 0 saturated carbocycles. The number of ether oxygens (including phenoxy) is 2. The Hall–Kier alpha value is -2.96. The van der Waals surface area contributed by atoms with Gasteiger partial charge in [-0.2, -0.15) is 0 Å². The van der Waals surface area contributed by atoms with E-state index in [0.717, 1.165) is 17.3 Å². The maximum atomic E-state index is 5.84. The molecule has 0 atom stereocenters. The molecule has 2 heteroatoms. The molecule has 0 bridgehead atoms. The van der Waals surface area contributed by atoms with Crippen molar-refractivity contribution < 1.29 is 9.47 Å². The van der Waals surface area contributed by atoms with Crippen molar-refractivity contribution in [3.05, 3.63) is 101 Å². The quantitative estimate of drug-likeness (QED) is 0.718. The molecule has 0 spiro atoms. The Kier molecular flexibility index (Phi) is 4.46. The lowest BCUT2D eigenvalue weighted by Crippen LogP contribution is -1.93. The van der Waals surface area contributed by atoms with Gasteiger partial charge in [0.05, 0.1) is 0 Å². The van der Waals surface area contributed by atoms with Crippen LogP contribution in [0.3, 0.4) is 0 Å². The highest BCUT2D eigenvalue weighted by Gasteiger charge is 2.02. The topological polar surface area (TPSA) is 18.5 Å². The first-order chi connectivity index (χ1) is 11.2. The van der Waals surface area contributed by atoms with Crippen molar-refractivity contribution >= 4 is 0 Å². The van der Waals surface area contributed by atoms with Gasteiger partial charge in [-0.25, -0.2) is 0 Å². The van der Waals surface area contributed by atoms with E-state index in [0.29, 0.717) is 5.76 Å². The van der Waals surface area contributed by atoms with Crippen molar-refractivity contribution in [3.63, 3.8) is 0 Å². The van der Waals surface area contributed by atoms with Crippen molar-refractivity contribution in [1.82, 2.24) is 0 Å². The number of hydrogen-bond donors (Lipinski definition) is 0. The van der Waals surface area contributed by atoms with Gasteiger partial charge in [-0.05, 0) is 62.4 Å². The van der Waals surface area contributed by atoms with Crippen LogP contribution in [0.5, 0.6) is 11.5 Å². The number of allylic oxidation sites excluding steroid dienone is 3. The van der Waals surface area contributed by atoms with Gasteiger partial charge in [0.15, 0.2) is 5.76 Å². The zero-order valence-electron chi connectivity index (χ0n) is 13.2. The van der Waals surface area contributed by atoms with E-state index in [1.54, 1.807) is 6.08 Å². The molecule has 0 fully saturated rings. The van der Waals surface area contributed by atoms with Crippen LogP contribution in [0, 0.1) is 13.8 Å². The van der Waals surface area contributed by atoms with Crippen LogP contribution >= 0.6 is 0 Å². The SMILES string of the molecule is Cc1ccc(OC2=C=CC=C(Oc3ccc(C)cc3)C=C2)cc1. The molecule has 0 aromatic heterocycles. The van der Waals surface area contributed by atoms with E-state index >= 15 is 0 Å². The summed E-state index contributed by atoms with van der Waals surface area (Å²) in [4.78, 5) is 0. The molecule has 0 radical (unpaired) electrons. The minimum atomic E-state index is 0.646. The van der Waals surface area contributed by atoms with E-state index in [-0.39, 0.29) is 0 Å². The van der Waals surface area contributed by atoms with Gasteiger partial charge in [0.2, 0.25) is 0 Å². The Morgan fingerprint density at radius 1 is 0.696 bits per heavy atom. The lowest BCUT2D eigenvalue weighted by Gasteiger charge is -2.06. The average molecular weight is 302 g/mol. The molecule has 114 valence electrons. The van der Waals surface area contributed by atoms with Crippen molar-refractivity contribution in [2.45, 2.75) is 13.8 Å². The van der Waals surface area contributed by atoms with Crippen molar-refractivity contribution in [3.8, 4) is 11.5 Å². The maximum Gasteiger partial charge on any atom is 0.169 e. The molecule has 0 heterocycles. The standard InChI is InChI=1S/C21H18O2/c1-16-6-10-20(11-7-16)22-18-4-3-5-19(15-14-18)23-21-12-8-17(2)9-13-21/h3-4,6-15H,1-2H3. The third-order valence-electron chi connectivity index (χ3n) is 3.38. The molecule has 0 unspecified atom stereocenters. The van der Waals surface area contributed by atoms with E-state index < -0.39 is 0 Å². The summed E-state index contributed by atoms with van der Waals surface area (Å²) in [6.45, 7) is 4.10. The predicted octanol–water partition coefficient (Wildman–Crippen LogP) is 5.25. The van der Waals surface area contributed by atoms with E-state index in [2.05, 4.69) is 12.7 Å². The Balaban J connectivity index is 1.66. The normalized spacial score (nSPS) is 13.1. The van der Waals surface area contributed by atoms with Crippen LogP contribution in [0.25, 0.3) is 0 Å². The highest BCUT2D eigenvalue weighted by Crippen LogP contribution is 2.19. The number of rotatable bonds is 4. The fourth-order valence-corrected chi connectivity index (χ4v) is 2.07. The second kappa shape index (κ2) is 6.87. The number of benzene rings is 2. The molecule has 23 heavy (non-hydrogen) atoms. The minimum Gasteiger partial charge on any atom is -0.457 e. The van der Waals surface area contributed by atoms with Crippen molar-refractivity contribution in [2.75, 3.05) is 0 Å². The van der Waals surface area contributed by atoms with Crippen LogP contribution < -0.4 is 9.47 Å². The lowest BCUT2D eigenvalue weighted by molar-refractivity contribution is 0.437. The molecule has 3 rings (SSSR count). The van der Waals surface area contributed by atoms with Gasteiger partial charge >= 0.3 is 0 Å². The highest BCUT2D eigenvalue weighted by atomic mass is 16.5. The molecule has 0 N–H and O–H groups in total. The molecular weight excluding hydrogens is 284 g/mol. The third-order valence-corrected chi connectivity index (χ3v) is 3.38. The molecule has 2 aromatic carbocycles. The van der Waals surface area contributed by atoms with Gasteiger partial charge in [0, 0.05) is 0 Å². The number of aryl methyl sites for hydroxylation is 2. The van der Waals surface area contributed by atoms with Gasteiger partial charge in [-0.1, -0.05) is 41.1 Å². The zero-order valence-corrected chi connectivity index (χ0v) is 13.2. The zero-order chi connectivity index (χ0) is 16.1. The van der Waals surface area contributed by atoms with Gasteiger partial charge in [0.1, 0.15) is 17.3 Å². The minimum absolute atomic E-state index is 0.646. The summed E-state index contributed by atoms with van der Waals surface area (Å²) in [7, 11) is 0. The van der Waals surface area contributed by atoms with Crippen molar-refractivity contribution in [1.29, 1.82) is 0 Å². The summed E-state index contributed by atoms with van der Waals surface area (Å²) in [5, 5.41) is 0. The summed E-state index contributed by atoms with van der Waals surface area (Å²) in [5.41, 5.74) is 5.50. The number of hydrogen-bond acceptors (Lipinski definition) is 2. The molecule has 2 nitrogen and oxygen atoms in total. The van der Waals surface area contributed by atoms with E-state index in [1.165, 1.54) is 11.1 Å². The summed E-state index contributed by atoms with van der Waals surface area (Å²) in [6, 6.07) is 15.9. The Morgan fingerprint density at radius 3 is 1.87 bits per heavy atom. The third kappa shape index (κ3) is 4.26. The fraction of sp³-hybridized carbons (Fsp3) is 0.0952. The van der Waals surface area contributed by atoms with Crippen LogP contribution in [-0.4, -0.2) is 0 Å². The molecule has 0 aliphatic heterocycles. The Bertz CT molecular complexity index is 800. The Labute approximate surface area is 136 Å². The summed E-state index contributed by atoms with van der Waals surface area (Å²) < 4.78 is 11.6. The van der Waals surface area contributed by atoms with Crippen LogP contribution in [0.1, 0.15) is 11.1 Å². The van der Waals surface area contributed by atoms with E-state index in [4.69, 9.17) is 9.47 Å². The lowest BCUT2D eigenvalue weighted by atomic mass is 10.2. The Morgan fingerprint density at radius 2 is 1.26 bits per heavy atom. The molecule has 1 aliphatic rings. The molecular formula is C21H18O2. The summed E-state index contributed by atoms with van der Waals surface area (Å²) in [6.07, 6.45) is 7.39. The van der Waals surface area contributed by atoms with Gasteiger partial charge in [0.25, 0.3) is 0 Å². The molecule has 0 saturated heterocycles. The smallest absolute Gasteiger partial charge is 0.169 e. The first kappa shape index (κ1) is 15.0. The molecule has 1 aliphatic carbocycles. The van der Waals surface area contributed by atoms with Gasteiger partial charge in [-0.3, -0.25) is 0 Å². The van der Waals surface area contributed by atoms with Crippen molar-refractivity contribution in [2.24, 2.45) is 0 Å². The van der Waals surface area contributed by atoms with Crippen LogP contribution in [0.4, 0.5) is 0 Å². The second-order valence-electron chi connectivity index (χ2n) is 5.41. The maximum absolute atomic E-state index is 5.84. The second-order valence-corrected chi connectivity index (χ2v) is 5.41. The predicted molar refractivity (Wildman–Crippen MR) is 92.4 cm³/mol. The fourth-order valence-electron chi connectivity index (χ4n) is 2.07. The monoisotopic (exact) mass is 302 g/mol. The first-order valence-corrected chi connectivity index (χ1v) is 7.53. The van der Waals surface area contributed by atoms with E-state index in [1.807, 2.05) is 73.7 Å². The van der Waals surface area contributed by atoms with Crippen LogP contribution in [0.2, 0.25) is 0 Å². The highest BCUT2D eigenvalue weighted by molar-refractivity contribution is 5.36. The van der Waals surface area contributed by atoms with Crippen LogP contribution in [0.15, 0.2) is 90.1 Å².